The summed E-state index contributed by atoms with van der Waals surface area (Å²) in [6, 6.07) is 2.29. The van der Waals surface area contributed by atoms with Crippen LogP contribution in [0.15, 0.2) is 30.9 Å². The van der Waals surface area contributed by atoms with Crippen molar-refractivity contribution in [2.45, 2.75) is 72.5 Å². The van der Waals surface area contributed by atoms with Gasteiger partial charge in [0.2, 0.25) is 17.7 Å². The molecule has 1 aromatic carbocycles. The number of carbonyl (C=O) groups is 4. The molecular weight excluding hydrogens is 486 g/mol. The minimum atomic E-state index is -1.16. The lowest BCUT2D eigenvalue weighted by atomic mass is 9.82. The van der Waals surface area contributed by atoms with Gasteiger partial charge in [-0.1, -0.05) is 45.0 Å². The van der Waals surface area contributed by atoms with Crippen LogP contribution in [-0.2, 0) is 25.6 Å². The summed E-state index contributed by atoms with van der Waals surface area (Å²) < 4.78 is 5.15. The summed E-state index contributed by atoms with van der Waals surface area (Å²) in [5.41, 5.74) is -0.791. The number of halogens is 1. The highest BCUT2D eigenvalue weighted by Crippen LogP contribution is 2.26. The van der Waals surface area contributed by atoms with Gasteiger partial charge in [0.1, 0.15) is 17.8 Å². The third-order valence-corrected chi connectivity index (χ3v) is 6.22. The van der Waals surface area contributed by atoms with Crippen LogP contribution in [0.5, 0.6) is 5.75 Å². The first-order valence-corrected chi connectivity index (χ1v) is 12.0. The highest BCUT2D eigenvalue weighted by molar-refractivity contribution is 6.32. The number of amides is 3. The van der Waals surface area contributed by atoms with Gasteiger partial charge in [-0.25, -0.2) is 4.79 Å². The van der Waals surface area contributed by atoms with Gasteiger partial charge in [0.05, 0.1) is 17.5 Å². The van der Waals surface area contributed by atoms with Gasteiger partial charge < -0.3 is 25.8 Å². The van der Waals surface area contributed by atoms with E-state index in [1.807, 2.05) is 20.8 Å². The molecular formula is C26H38ClN3O6. The fourth-order valence-corrected chi connectivity index (χ4v) is 3.64. The summed E-state index contributed by atoms with van der Waals surface area (Å²) in [5.74, 6) is -2.22. The van der Waals surface area contributed by atoms with Crippen molar-refractivity contribution in [3.05, 3.63) is 41.4 Å². The summed E-state index contributed by atoms with van der Waals surface area (Å²) in [5, 5.41) is 17.9. The number of hydrogen-bond donors (Lipinski definition) is 4. The first-order chi connectivity index (χ1) is 16.5. The summed E-state index contributed by atoms with van der Waals surface area (Å²) in [7, 11) is 1.49. The second-order valence-corrected chi connectivity index (χ2v) is 10.9. The second-order valence-electron chi connectivity index (χ2n) is 10.5. The number of rotatable bonds is 12. The molecule has 0 aliphatic heterocycles. The van der Waals surface area contributed by atoms with Crippen molar-refractivity contribution in [2.75, 3.05) is 7.11 Å². The zero-order chi connectivity index (χ0) is 27.8. The molecule has 36 heavy (non-hydrogen) atoms. The average molecular weight is 524 g/mol. The van der Waals surface area contributed by atoms with Crippen molar-refractivity contribution in [1.29, 1.82) is 0 Å². The van der Waals surface area contributed by atoms with E-state index in [4.69, 9.17) is 16.3 Å². The molecule has 0 spiro atoms. The van der Waals surface area contributed by atoms with Gasteiger partial charge >= 0.3 is 5.97 Å². The van der Waals surface area contributed by atoms with Crippen LogP contribution in [0, 0.1) is 10.8 Å². The molecule has 0 radical (unpaired) electrons. The van der Waals surface area contributed by atoms with Gasteiger partial charge in [-0.3, -0.25) is 14.4 Å². The van der Waals surface area contributed by atoms with Crippen LogP contribution in [0.25, 0.3) is 0 Å². The van der Waals surface area contributed by atoms with Crippen molar-refractivity contribution in [2.24, 2.45) is 10.8 Å². The predicted octanol–water partition coefficient (Wildman–Crippen LogP) is 3.10. The lowest BCUT2D eigenvalue weighted by molar-refractivity contribution is -0.145. The Hall–Kier alpha value is -3.07. The fraction of sp³-hybridized carbons (Fsp3) is 0.538. The Kier molecular flexibility index (Phi) is 11.0. The van der Waals surface area contributed by atoms with Crippen molar-refractivity contribution in [1.82, 2.24) is 16.0 Å². The second kappa shape index (κ2) is 12.8. The Morgan fingerprint density at radius 3 is 2.17 bits per heavy atom. The average Bonchev–Trinajstić information content (AvgIpc) is 2.76. The Labute approximate surface area is 218 Å². The van der Waals surface area contributed by atoms with E-state index < -0.39 is 47.2 Å². The Bertz CT molecular complexity index is 986. The van der Waals surface area contributed by atoms with Crippen LogP contribution in [0.1, 0.15) is 53.5 Å². The molecule has 3 atom stereocenters. The van der Waals surface area contributed by atoms with E-state index in [-0.39, 0.29) is 18.3 Å². The topological polar surface area (TPSA) is 134 Å². The van der Waals surface area contributed by atoms with Crippen molar-refractivity contribution in [3.63, 3.8) is 0 Å². The van der Waals surface area contributed by atoms with Gasteiger partial charge in [-0.05, 0) is 56.4 Å². The van der Waals surface area contributed by atoms with E-state index in [9.17, 15) is 24.3 Å². The lowest BCUT2D eigenvalue weighted by Crippen LogP contribution is -2.57. The lowest BCUT2D eigenvalue weighted by Gasteiger charge is -2.34. The SMILES string of the molecule is C=CC(=O)N[C@H](Cc1ccc(OC)c(Cl)c1)C(=O)N[C@@H](C)C(C)(C)C(=O)N[C@@H](CC(C)(C)C)C(=O)O. The standard InChI is InChI=1S/C26H38ClN3O6/c1-9-21(31)29-18(13-16-10-11-20(36-8)17(27)12-16)22(32)28-15(2)26(6,7)24(35)30-19(23(33)34)14-25(3,4)5/h9-12,15,18-19H,1,13-14H2,2-8H3,(H,28,32)(H,29,31)(H,30,35)(H,33,34)/t15-,18+,19-/m0/s1. The molecule has 1 aromatic rings. The highest BCUT2D eigenvalue weighted by Gasteiger charge is 2.38. The molecule has 0 fully saturated rings. The van der Waals surface area contributed by atoms with Crippen LogP contribution in [0.4, 0.5) is 0 Å². The van der Waals surface area contributed by atoms with Gasteiger partial charge in [-0.15, -0.1) is 0 Å². The zero-order valence-electron chi connectivity index (χ0n) is 22.0. The van der Waals surface area contributed by atoms with Crippen LogP contribution in [0.3, 0.4) is 0 Å². The maximum absolute atomic E-state index is 13.2. The minimum absolute atomic E-state index is 0.126. The quantitative estimate of drug-likeness (QED) is 0.311. The molecule has 1 rings (SSSR count). The van der Waals surface area contributed by atoms with E-state index in [1.165, 1.54) is 7.11 Å². The van der Waals surface area contributed by atoms with Gasteiger partial charge in [0, 0.05) is 12.5 Å². The van der Waals surface area contributed by atoms with E-state index in [1.54, 1.807) is 39.0 Å². The molecule has 0 heterocycles. The normalized spacial score (nSPS) is 14.1. The monoisotopic (exact) mass is 523 g/mol. The molecule has 200 valence electrons. The van der Waals surface area contributed by atoms with Gasteiger partial charge in [-0.2, -0.15) is 0 Å². The maximum Gasteiger partial charge on any atom is 0.326 e. The number of carboxylic acid groups (broad SMARTS) is 1. The van der Waals surface area contributed by atoms with Crippen LogP contribution in [-0.4, -0.2) is 54.0 Å². The smallest absolute Gasteiger partial charge is 0.326 e. The zero-order valence-corrected chi connectivity index (χ0v) is 22.8. The molecule has 3 amide bonds. The molecule has 0 aromatic heterocycles. The summed E-state index contributed by atoms with van der Waals surface area (Å²) in [4.78, 5) is 49.9. The van der Waals surface area contributed by atoms with Gasteiger partial charge in [0.25, 0.3) is 0 Å². The number of carboxylic acids is 1. The van der Waals surface area contributed by atoms with Crippen LogP contribution in [0.2, 0.25) is 5.02 Å². The van der Waals surface area contributed by atoms with E-state index in [0.29, 0.717) is 16.3 Å². The molecule has 0 saturated heterocycles. The largest absolute Gasteiger partial charge is 0.495 e. The molecule has 0 aliphatic rings. The molecule has 0 saturated carbocycles. The first-order valence-electron chi connectivity index (χ1n) is 11.6. The summed E-state index contributed by atoms with van der Waals surface area (Å²) in [6.45, 7) is 14.0. The third kappa shape index (κ3) is 9.18. The van der Waals surface area contributed by atoms with Crippen molar-refractivity contribution in [3.8, 4) is 5.75 Å². The maximum atomic E-state index is 13.2. The van der Waals surface area contributed by atoms with Gasteiger partial charge in [0.15, 0.2) is 0 Å². The Morgan fingerprint density at radius 1 is 1.08 bits per heavy atom. The number of ether oxygens (including phenoxy) is 1. The number of aliphatic carboxylic acids is 1. The number of benzene rings is 1. The summed E-state index contributed by atoms with van der Waals surface area (Å²) >= 11 is 6.19. The molecule has 10 heteroatoms. The van der Waals surface area contributed by atoms with E-state index in [0.717, 1.165) is 6.08 Å². The van der Waals surface area contributed by atoms with Crippen molar-refractivity contribution < 1.29 is 29.0 Å². The molecule has 0 unspecified atom stereocenters. The molecule has 0 aliphatic carbocycles. The van der Waals surface area contributed by atoms with E-state index in [2.05, 4.69) is 22.5 Å². The molecule has 9 nitrogen and oxygen atoms in total. The van der Waals surface area contributed by atoms with Crippen LogP contribution >= 0.6 is 11.6 Å². The Balaban J connectivity index is 3.04. The highest BCUT2D eigenvalue weighted by atomic mass is 35.5. The molecule has 0 bridgehead atoms. The fourth-order valence-electron chi connectivity index (χ4n) is 3.36. The van der Waals surface area contributed by atoms with Crippen LogP contribution < -0.4 is 20.7 Å². The first kappa shape index (κ1) is 31.0. The number of carbonyl (C=O) groups excluding carboxylic acids is 3. The minimum Gasteiger partial charge on any atom is -0.495 e. The summed E-state index contributed by atoms with van der Waals surface area (Å²) in [6.07, 6.45) is 1.43. The number of hydrogen-bond acceptors (Lipinski definition) is 5. The third-order valence-electron chi connectivity index (χ3n) is 5.92. The Morgan fingerprint density at radius 2 is 1.69 bits per heavy atom. The molecule has 4 N–H and O–H groups in total. The number of methoxy groups -OCH3 is 1. The van der Waals surface area contributed by atoms with Crippen molar-refractivity contribution >= 4 is 35.3 Å². The number of nitrogens with one attached hydrogen (secondary N) is 3. The predicted molar refractivity (Wildman–Crippen MR) is 139 cm³/mol. The van der Waals surface area contributed by atoms with E-state index >= 15 is 0 Å².